The highest BCUT2D eigenvalue weighted by atomic mass is 19.4. The maximum atomic E-state index is 12.5. The summed E-state index contributed by atoms with van der Waals surface area (Å²) in [5.41, 5.74) is 0.861. The molecule has 0 spiro atoms. The van der Waals surface area contributed by atoms with Gasteiger partial charge in [-0.05, 0) is 31.2 Å². The lowest BCUT2D eigenvalue weighted by Crippen LogP contribution is -2.14. The van der Waals surface area contributed by atoms with E-state index in [1.54, 1.807) is 6.07 Å². The quantitative estimate of drug-likeness (QED) is 0.938. The van der Waals surface area contributed by atoms with Gasteiger partial charge < -0.3 is 5.32 Å². The Labute approximate surface area is 114 Å². The molecule has 0 amide bonds. The third-order valence-electron chi connectivity index (χ3n) is 2.86. The van der Waals surface area contributed by atoms with Gasteiger partial charge in [-0.3, -0.25) is 0 Å². The molecular formula is C13H15F3N4. The first-order chi connectivity index (χ1) is 9.41. The smallest absolute Gasteiger partial charge is 0.313 e. The van der Waals surface area contributed by atoms with Crippen LogP contribution in [-0.2, 0) is 12.7 Å². The van der Waals surface area contributed by atoms with Gasteiger partial charge in [0.25, 0.3) is 0 Å². The Morgan fingerprint density at radius 1 is 1.25 bits per heavy atom. The van der Waals surface area contributed by atoms with Gasteiger partial charge in [-0.1, -0.05) is 13.0 Å². The van der Waals surface area contributed by atoms with Crippen LogP contribution in [0.2, 0.25) is 0 Å². The summed E-state index contributed by atoms with van der Waals surface area (Å²) in [5, 5.41) is 6.68. The number of pyridine rings is 1. The van der Waals surface area contributed by atoms with Gasteiger partial charge in [-0.2, -0.15) is 18.3 Å². The number of nitrogens with one attached hydrogen (secondary N) is 1. The number of alkyl halides is 3. The fourth-order valence-electron chi connectivity index (χ4n) is 1.75. The van der Waals surface area contributed by atoms with Gasteiger partial charge in [0.15, 0.2) is 11.5 Å². The van der Waals surface area contributed by atoms with Crippen LogP contribution >= 0.6 is 0 Å². The van der Waals surface area contributed by atoms with E-state index in [2.05, 4.69) is 15.4 Å². The highest BCUT2D eigenvalue weighted by Gasteiger charge is 2.33. The molecule has 4 nitrogen and oxygen atoms in total. The highest BCUT2D eigenvalue weighted by Crippen LogP contribution is 2.27. The van der Waals surface area contributed by atoms with Crippen LogP contribution in [0.5, 0.6) is 0 Å². The van der Waals surface area contributed by atoms with Crippen LogP contribution in [0.4, 0.5) is 13.2 Å². The Hall–Kier alpha value is -1.89. The van der Waals surface area contributed by atoms with Gasteiger partial charge in [-0.25, -0.2) is 9.67 Å². The van der Waals surface area contributed by atoms with Gasteiger partial charge in [0, 0.05) is 18.4 Å². The predicted octanol–water partition coefficient (Wildman–Crippen LogP) is 2.70. The summed E-state index contributed by atoms with van der Waals surface area (Å²) in [7, 11) is 0. The molecule has 1 N–H and O–H groups in total. The first kappa shape index (κ1) is 14.5. The van der Waals surface area contributed by atoms with Gasteiger partial charge in [0.05, 0.1) is 0 Å². The van der Waals surface area contributed by atoms with E-state index >= 15 is 0 Å². The first-order valence-electron chi connectivity index (χ1n) is 6.22. The summed E-state index contributed by atoms with van der Waals surface area (Å²) in [6.07, 6.45) is -3.18. The number of nitrogens with zero attached hydrogens (tertiary/aromatic N) is 3. The average Bonchev–Trinajstić information content (AvgIpc) is 2.86. The third-order valence-corrected chi connectivity index (χ3v) is 2.86. The zero-order chi connectivity index (χ0) is 14.8. The second kappa shape index (κ2) is 5.62. The molecule has 7 heteroatoms. The summed E-state index contributed by atoms with van der Waals surface area (Å²) in [5.74, 6) is 0.373. The molecule has 0 saturated carbocycles. The van der Waals surface area contributed by atoms with Gasteiger partial charge in [-0.15, -0.1) is 0 Å². The van der Waals surface area contributed by atoms with Crippen molar-refractivity contribution in [2.45, 2.75) is 26.6 Å². The fourth-order valence-corrected chi connectivity index (χ4v) is 1.75. The molecule has 0 bridgehead atoms. The Bertz CT molecular complexity index is 590. The summed E-state index contributed by atoms with van der Waals surface area (Å²) < 4.78 is 38.6. The zero-order valence-corrected chi connectivity index (χ0v) is 11.2. The van der Waals surface area contributed by atoms with E-state index in [0.717, 1.165) is 28.6 Å². The Morgan fingerprint density at radius 3 is 2.55 bits per heavy atom. The van der Waals surface area contributed by atoms with E-state index in [9.17, 15) is 13.2 Å². The fraction of sp³-hybridized carbons (Fsp3) is 0.385. The number of halogens is 3. The molecule has 2 rings (SSSR count). The number of rotatable bonds is 4. The van der Waals surface area contributed by atoms with E-state index < -0.39 is 11.9 Å². The van der Waals surface area contributed by atoms with Crippen molar-refractivity contribution < 1.29 is 13.2 Å². The SMILES string of the molecule is CCNCc1ccc(-n2ccc(C(F)(F)F)n2)nc1C. The number of aryl methyl sites for hydroxylation is 1. The Balaban J connectivity index is 2.25. The molecule has 0 aliphatic carbocycles. The molecule has 0 fully saturated rings. The van der Waals surface area contributed by atoms with Crippen LogP contribution in [0.25, 0.3) is 5.82 Å². The molecule has 2 aromatic rings. The minimum absolute atomic E-state index is 0.373. The van der Waals surface area contributed by atoms with Crippen LogP contribution in [0, 0.1) is 6.92 Å². The molecule has 0 atom stereocenters. The minimum Gasteiger partial charge on any atom is -0.313 e. The van der Waals surface area contributed by atoms with E-state index in [1.165, 1.54) is 6.20 Å². The maximum absolute atomic E-state index is 12.5. The molecule has 0 saturated heterocycles. The van der Waals surface area contributed by atoms with Crippen molar-refractivity contribution in [2.24, 2.45) is 0 Å². The van der Waals surface area contributed by atoms with Crippen molar-refractivity contribution in [2.75, 3.05) is 6.54 Å². The Kier molecular flexibility index (Phi) is 4.08. The molecule has 108 valence electrons. The lowest BCUT2D eigenvalue weighted by Gasteiger charge is -2.08. The van der Waals surface area contributed by atoms with Crippen LogP contribution in [-0.4, -0.2) is 21.3 Å². The molecular weight excluding hydrogens is 269 g/mol. The second-order valence-electron chi connectivity index (χ2n) is 4.34. The third kappa shape index (κ3) is 3.16. The summed E-state index contributed by atoms with van der Waals surface area (Å²) >= 11 is 0. The van der Waals surface area contributed by atoms with Crippen LogP contribution < -0.4 is 5.32 Å². The van der Waals surface area contributed by atoms with Crippen molar-refractivity contribution in [3.8, 4) is 5.82 Å². The number of hydrogen-bond donors (Lipinski definition) is 1. The first-order valence-corrected chi connectivity index (χ1v) is 6.22. The average molecular weight is 284 g/mol. The Morgan fingerprint density at radius 2 is 2.00 bits per heavy atom. The van der Waals surface area contributed by atoms with E-state index in [1.807, 2.05) is 19.9 Å². The summed E-state index contributed by atoms with van der Waals surface area (Å²) in [6.45, 7) is 5.35. The number of aromatic nitrogens is 3. The molecule has 0 unspecified atom stereocenters. The summed E-state index contributed by atoms with van der Waals surface area (Å²) in [6, 6.07) is 4.44. The largest absolute Gasteiger partial charge is 0.435 e. The predicted molar refractivity (Wildman–Crippen MR) is 68.5 cm³/mol. The molecule has 0 aliphatic rings. The van der Waals surface area contributed by atoms with Crippen molar-refractivity contribution in [3.63, 3.8) is 0 Å². The standard InChI is InChI=1S/C13H15F3N4/c1-3-17-8-10-4-5-12(18-9(10)2)20-7-6-11(19-20)13(14,15)16/h4-7,17H,3,8H2,1-2H3. The van der Waals surface area contributed by atoms with E-state index in [4.69, 9.17) is 0 Å². The van der Waals surface area contributed by atoms with Crippen molar-refractivity contribution >= 4 is 0 Å². The highest BCUT2D eigenvalue weighted by molar-refractivity contribution is 5.30. The van der Waals surface area contributed by atoms with Crippen LogP contribution in [0.15, 0.2) is 24.4 Å². The van der Waals surface area contributed by atoms with Crippen molar-refractivity contribution in [1.29, 1.82) is 0 Å². The maximum Gasteiger partial charge on any atom is 0.435 e. The minimum atomic E-state index is -4.44. The van der Waals surface area contributed by atoms with E-state index in [0.29, 0.717) is 12.4 Å². The molecule has 0 aromatic carbocycles. The van der Waals surface area contributed by atoms with Gasteiger partial charge >= 0.3 is 6.18 Å². The topological polar surface area (TPSA) is 42.7 Å². The van der Waals surface area contributed by atoms with Crippen molar-refractivity contribution in [1.82, 2.24) is 20.1 Å². The monoisotopic (exact) mass is 284 g/mol. The molecule has 0 radical (unpaired) electrons. The molecule has 20 heavy (non-hydrogen) atoms. The molecule has 0 aliphatic heterocycles. The van der Waals surface area contributed by atoms with Crippen LogP contribution in [0.3, 0.4) is 0 Å². The lowest BCUT2D eigenvalue weighted by atomic mass is 10.2. The lowest BCUT2D eigenvalue weighted by molar-refractivity contribution is -0.141. The summed E-state index contributed by atoms with van der Waals surface area (Å²) in [4.78, 5) is 4.28. The van der Waals surface area contributed by atoms with Gasteiger partial charge in [0.2, 0.25) is 0 Å². The molecule has 2 heterocycles. The molecule has 2 aromatic heterocycles. The van der Waals surface area contributed by atoms with E-state index in [-0.39, 0.29) is 0 Å². The zero-order valence-electron chi connectivity index (χ0n) is 11.2. The normalized spacial score (nSPS) is 11.8. The van der Waals surface area contributed by atoms with Gasteiger partial charge in [0.1, 0.15) is 0 Å². The number of hydrogen-bond acceptors (Lipinski definition) is 3. The van der Waals surface area contributed by atoms with Crippen molar-refractivity contribution in [3.05, 3.63) is 41.3 Å². The second-order valence-corrected chi connectivity index (χ2v) is 4.34. The van der Waals surface area contributed by atoms with Crippen LogP contribution in [0.1, 0.15) is 23.9 Å².